The first-order valence-corrected chi connectivity index (χ1v) is 33.0. The molecule has 0 spiro atoms. The molecule has 0 aliphatic carbocycles. The van der Waals surface area contributed by atoms with Crippen LogP contribution in [0.1, 0.15) is 68.5 Å². The standard InChI is InChI=1S/C74H68ClN5O13S2/c1-85-40-42-87-48-89-60-39-38-54(44-61(60)90-49-88-43-41-86-2)67(72(84)92-66(52-28-14-5-15-29-52)53-30-16-6-17-31-53)93-79-62(59-47-95-73(76-59)78-74(56-32-18-7-19-33-56,57-34-20-8-21-35-57)58-36-22-9-23-37-58)68(81)77-63-69(82)80-64(55(45-75)46-94-70(63)80)71(83)91-65(50-24-10-3-11-25-50)51-26-12-4-13-27-51/h3-39,44,47,63,65-67,70H,40-43,45-46,48-49H2,1-2H3,(H,76,78)(H,77,81)/b79-62+/t63?,67?,70-/m1/s1. The number of amides is 2. The molecule has 0 saturated carbocycles. The molecule has 2 amide bonds. The molecule has 8 aromatic carbocycles. The zero-order valence-corrected chi connectivity index (χ0v) is 54.3. The lowest BCUT2D eigenvalue weighted by Gasteiger charge is -2.49. The number of halogens is 1. The summed E-state index contributed by atoms with van der Waals surface area (Å²) in [6.45, 7) is 0.638. The fourth-order valence-electron chi connectivity index (χ4n) is 11.0. The van der Waals surface area contributed by atoms with Crippen molar-refractivity contribution in [1.29, 1.82) is 0 Å². The molecule has 18 nitrogen and oxygen atoms in total. The molecule has 0 radical (unpaired) electrons. The Morgan fingerprint density at radius 1 is 0.611 bits per heavy atom. The number of carbonyl (C=O) groups is 4. The highest BCUT2D eigenvalue weighted by molar-refractivity contribution is 8.00. The van der Waals surface area contributed by atoms with Crippen LogP contribution in [0.5, 0.6) is 11.5 Å². The molecule has 3 heterocycles. The number of anilines is 1. The Morgan fingerprint density at radius 2 is 1.08 bits per heavy atom. The van der Waals surface area contributed by atoms with Crippen LogP contribution < -0.4 is 20.1 Å². The van der Waals surface area contributed by atoms with Gasteiger partial charge in [-0.1, -0.05) is 224 Å². The second kappa shape index (κ2) is 33.0. The van der Waals surface area contributed by atoms with E-state index in [4.69, 9.17) is 59.3 Å². The molecule has 95 heavy (non-hydrogen) atoms. The molecule has 2 N–H and O–H groups in total. The maximum absolute atomic E-state index is 15.6. The van der Waals surface area contributed by atoms with Gasteiger partial charge < -0.3 is 53.4 Å². The molecule has 486 valence electrons. The van der Waals surface area contributed by atoms with Crippen molar-refractivity contribution >= 4 is 69.3 Å². The van der Waals surface area contributed by atoms with E-state index in [2.05, 4.69) is 15.8 Å². The van der Waals surface area contributed by atoms with E-state index >= 15 is 9.59 Å². The van der Waals surface area contributed by atoms with E-state index in [1.807, 2.05) is 212 Å². The Balaban J connectivity index is 0.985. The number of alkyl halides is 1. The number of hydrogen-bond donors (Lipinski definition) is 2. The first-order valence-electron chi connectivity index (χ1n) is 30.5. The van der Waals surface area contributed by atoms with Gasteiger partial charge in [-0.2, -0.15) is 0 Å². The summed E-state index contributed by atoms with van der Waals surface area (Å²) in [4.78, 5) is 73.4. The number of thioether (sulfide) groups is 1. The third-order valence-corrected chi connectivity index (χ3v) is 18.0. The molecule has 2 aliphatic heterocycles. The number of nitrogens with zero attached hydrogens (tertiary/aromatic N) is 3. The number of esters is 2. The lowest BCUT2D eigenvalue weighted by Crippen LogP contribution is -2.71. The lowest BCUT2D eigenvalue weighted by molar-refractivity contribution is -0.162. The number of hydrogen-bond acceptors (Lipinski definition) is 18. The maximum Gasteiger partial charge on any atom is 0.356 e. The number of carbonyl (C=O) groups excluding carboxylic acids is 4. The minimum absolute atomic E-state index is 0.00660. The molecular weight excluding hydrogens is 1270 g/mol. The fourth-order valence-corrected chi connectivity index (χ4v) is 13.4. The van der Waals surface area contributed by atoms with Gasteiger partial charge in [-0.05, 0) is 56.6 Å². The number of benzene rings is 8. The van der Waals surface area contributed by atoms with Gasteiger partial charge >= 0.3 is 11.9 Å². The molecule has 0 bridgehead atoms. The topological polar surface area (TPSA) is 204 Å². The van der Waals surface area contributed by atoms with E-state index in [9.17, 15) is 9.59 Å². The van der Waals surface area contributed by atoms with Gasteiger partial charge in [0, 0.05) is 36.8 Å². The van der Waals surface area contributed by atoms with Crippen molar-refractivity contribution in [3.8, 4) is 11.5 Å². The van der Waals surface area contributed by atoms with E-state index in [-0.39, 0.29) is 66.9 Å². The first-order chi connectivity index (χ1) is 46.7. The van der Waals surface area contributed by atoms with Crippen LogP contribution in [-0.4, -0.2) is 117 Å². The van der Waals surface area contributed by atoms with Crippen LogP contribution in [0, 0.1) is 0 Å². The highest BCUT2D eigenvalue weighted by Gasteiger charge is 2.55. The molecule has 2 unspecified atom stereocenters. The Bertz CT molecular complexity index is 3870. The summed E-state index contributed by atoms with van der Waals surface area (Å²) in [5, 5.41) is 12.5. The second-order valence-corrected chi connectivity index (χ2v) is 23.9. The van der Waals surface area contributed by atoms with Crippen molar-refractivity contribution < 1.29 is 61.9 Å². The second-order valence-electron chi connectivity index (χ2n) is 21.7. The number of β-lactam (4-membered cyclic amide) rings is 1. The van der Waals surface area contributed by atoms with Crippen LogP contribution in [0.25, 0.3) is 0 Å². The highest BCUT2D eigenvalue weighted by Crippen LogP contribution is 2.44. The van der Waals surface area contributed by atoms with Crippen molar-refractivity contribution in [2.45, 2.75) is 35.3 Å². The zero-order valence-electron chi connectivity index (χ0n) is 51.9. The molecular formula is C74H68ClN5O13S2. The van der Waals surface area contributed by atoms with Crippen molar-refractivity contribution in [3.05, 3.63) is 297 Å². The van der Waals surface area contributed by atoms with E-state index in [0.29, 0.717) is 46.2 Å². The van der Waals surface area contributed by atoms with Gasteiger partial charge in [0.25, 0.3) is 11.8 Å². The Kier molecular flexibility index (Phi) is 23.2. The SMILES string of the molecule is COCCOCOc1ccc(C(O/N=C(/C(=O)NC2C(=O)N3C(C(=O)OC(c4ccccc4)c4ccccc4)=C(CCl)CS[C@H]23)c2csc(NC(c3ccccc3)(c3ccccc3)c3ccccc3)n2)C(=O)OC(c2ccccc2)c2ccccc2)cc1OCOCCOC. The van der Waals surface area contributed by atoms with Gasteiger partial charge in [0.1, 0.15) is 28.3 Å². The third kappa shape index (κ3) is 16.0. The normalized spacial score (nSPS) is 14.9. The Morgan fingerprint density at radius 3 is 1.57 bits per heavy atom. The number of rotatable bonds is 32. The number of oxime groups is 1. The van der Waals surface area contributed by atoms with Gasteiger partial charge in [-0.25, -0.2) is 14.6 Å². The summed E-state index contributed by atoms with van der Waals surface area (Å²) in [5.41, 5.74) is 4.56. The van der Waals surface area contributed by atoms with E-state index in [0.717, 1.165) is 16.7 Å². The predicted molar refractivity (Wildman–Crippen MR) is 363 cm³/mol. The average molecular weight is 1330 g/mol. The van der Waals surface area contributed by atoms with Crippen LogP contribution in [0.15, 0.2) is 252 Å². The average Bonchev–Trinajstić information content (AvgIpc) is 1.42. The number of methoxy groups -OCH3 is 2. The monoisotopic (exact) mass is 1330 g/mol. The number of fused-ring (bicyclic) bond motifs is 1. The summed E-state index contributed by atoms with van der Waals surface area (Å²) in [7, 11) is 3.11. The molecule has 9 aromatic rings. The summed E-state index contributed by atoms with van der Waals surface area (Å²) < 4.78 is 46.7. The van der Waals surface area contributed by atoms with Crippen molar-refractivity contribution in [2.75, 3.05) is 71.2 Å². The third-order valence-electron chi connectivity index (χ3n) is 15.6. The minimum atomic E-state index is -1.74. The fraction of sp³-hybridized carbons (Fsp3) is 0.216. The minimum Gasteiger partial charge on any atom is -0.464 e. The summed E-state index contributed by atoms with van der Waals surface area (Å²) >= 11 is 9.08. The number of aromatic nitrogens is 1. The van der Waals surface area contributed by atoms with Crippen LogP contribution in [0.3, 0.4) is 0 Å². The largest absolute Gasteiger partial charge is 0.464 e. The molecule has 2 aliphatic rings. The molecule has 1 fully saturated rings. The summed E-state index contributed by atoms with van der Waals surface area (Å²) in [6, 6.07) is 70.2. The van der Waals surface area contributed by atoms with Gasteiger partial charge in [0.2, 0.25) is 6.10 Å². The van der Waals surface area contributed by atoms with Crippen LogP contribution >= 0.6 is 34.7 Å². The summed E-state index contributed by atoms with van der Waals surface area (Å²) in [5.74, 6) is -2.69. The summed E-state index contributed by atoms with van der Waals surface area (Å²) in [6.07, 6.45) is -3.53. The van der Waals surface area contributed by atoms with Crippen LogP contribution in [0.4, 0.5) is 5.13 Å². The van der Waals surface area contributed by atoms with E-state index in [1.54, 1.807) is 31.7 Å². The van der Waals surface area contributed by atoms with Crippen molar-refractivity contribution in [2.24, 2.45) is 5.16 Å². The quantitative estimate of drug-likeness (QED) is 0.00588. The predicted octanol–water partition coefficient (Wildman–Crippen LogP) is 12.6. The van der Waals surface area contributed by atoms with Crippen LogP contribution in [-0.2, 0) is 58.0 Å². The Hall–Kier alpha value is -9.64. The van der Waals surface area contributed by atoms with Crippen LogP contribution in [0.2, 0.25) is 0 Å². The maximum atomic E-state index is 15.6. The van der Waals surface area contributed by atoms with Gasteiger partial charge in [-0.15, -0.1) is 34.7 Å². The van der Waals surface area contributed by atoms with E-state index in [1.165, 1.54) is 34.1 Å². The molecule has 1 aromatic heterocycles. The van der Waals surface area contributed by atoms with Crippen molar-refractivity contribution in [1.82, 2.24) is 15.2 Å². The number of thiazole rings is 1. The number of nitrogens with one attached hydrogen (secondary N) is 2. The van der Waals surface area contributed by atoms with Crippen molar-refractivity contribution in [3.63, 3.8) is 0 Å². The van der Waals surface area contributed by atoms with Gasteiger partial charge in [0.15, 0.2) is 48.1 Å². The molecule has 1 saturated heterocycles. The number of ether oxygens (including phenoxy) is 8. The molecule has 21 heteroatoms. The Labute approximate surface area is 563 Å². The molecule has 3 atom stereocenters. The van der Waals surface area contributed by atoms with Gasteiger partial charge in [-0.3, -0.25) is 14.5 Å². The van der Waals surface area contributed by atoms with E-state index < -0.39 is 64.7 Å². The first kappa shape index (κ1) is 66.8. The molecule has 11 rings (SSSR count). The highest BCUT2D eigenvalue weighted by atomic mass is 35.5. The smallest absolute Gasteiger partial charge is 0.356 e. The lowest BCUT2D eigenvalue weighted by atomic mass is 9.77. The zero-order chi connectivity index (χ0) is 65.8. The van der Waals surface area contributed by atoms with Gasteiger partial charge in [0.05, 0.1) is 26.4 Å².